The van der Waals surface area contributed by atoms with E-state index in [1.807, 2.05) is 0 Å². The third-order valence-corrected chi connectivity index (χ3v) is 13.4. The summed E-state index contributed by atoms with van der Waals surface area (Å²) in [6.07, 6.45) is 0. The zero-order valence-electron chi connectivity index (χ0n) is 33.3. The standard InChI is InChI=1S/C59H38N2/c1-3-18-39(19-4-1)42-22-10-15-32-54(42)61(41-34-36-57-49(38-41)46-26-11-16-33-55(46)60(57)40-20-5-2-6-21-40)56-37-35-47-45-25-9-14-30-52(45)59(53-31-17-27-48(56)58(47)53)50-28-12-7-23-43(50)44-24-8-13-29-51(44)59/h1-38H. The molecule has 10 aromatic carbocycles. The summed E-state index contributed by atoms with van der Waals surface area (Å²) in [4.78, 5) is 2.52. The number of benzene rings is 10. The maximum Gasteiger partial charge on any atom is 0.0725 e. The lowest BCUT2D eigenvalue weighted by Crippen LogP contribution is -2.31. The minimum Gasteiger partial charge on any atom is -0.309 e. The molecule has 2 aliphatic carbocycles. The Morgan fingerprint density at radius 3 is 1.59 bits per heavy atom. The van der Waals surface area contributed by atoms with Crippen LogP contribution >= 0.6 is 0 Å². The lowest BCUT2D eigenvalue weighted by atomic mass is 9.61. The lowest BCUT2D eigenvalue weighted by molar-refractivity contribution is 0.773. The van der Waals surface area contributed by atoms with Gasteiger partial charge in [-0.3, -0.25) is 0 Å². The maximum atomic E-state index is 2.52. The van der Waals surface area contributed by atoms with Crippen molar-refractivity contribution in [2.45, 2.75) is 5.41 Å². The SMILES string of the molecule is c1ccc(-c2ccccc2N(c2ccc3c(c2)c2ccccc2n3-c2ccccc2)c2ccc3c4c(cccc24)C2(c4ccccc4-c4ccccc42)c2ccccc2-3)cc1. The molecule has 0 radical (unpaired) electrons. The number of hydrogen-bond donors (Lipinski definition) is 0. The van der Waals surface area contributed by atoms with Gasteiger partial charge in [-0.05, 0) is 104 Å². The van der Waals surface area contributed by atoms with Gasteiger partial charge in [0.05, 0.1) is 27.8 Å². The fourth-order valence-electron chi connectivity index (χ4n) is 11.0. The molecule has 2 aliphatic rings. The van der Waals surface area contributed by atoms with Crippen molar-refractivity contribution in [3.8, 4) is 39.1 Å². The highest BCUT2D eigenvalue weighted by Crippen LogP contribution is 2.62. The average Bonchev–Trinajstić information content (AvgIpc) is 3.82. The molecule has 1 heterocycles. The van der Waals surface area contributed by atoms with Gasteiger partial charge in [0, 0.05) is 33.1 Å². The highest BCUT2D eigenvalue weighted by atomic mass is 15.1. The Hall–Kier alpha value is -7.94. The molecule has 2 heteroatoms. The number of hydrogen-bond acceptors (Lipinski definition) is 1. The van der Waals surface area contributed by atoms with Crippen LogP contribution in [0, 0.1) is 0 Å². The number of fused-ring (bicyclic) bond motifs is 12. The molecule has 0 fully saturated rings. The molecule has 0 bridgehead atoms. The van der Waals surface area contributed by atoms with Crippen LogP contribution in [0.3, 0.4) is 0 Å². The summed E-state index contributed by atoms with van der Waals surface area (Å²) < 4.78 is 2.40. The van der Waals surface area contributed by atoms with Gasteiger partial charge in [-0.25, -0.2) is 0 Å². The molecular formula is C59H38N2. The molecule has 0 saturated carbocycles. The molecule has 0 atom stereocenters. The van der Waals surface area contributed by atoms with Crippen molar-refractivity contribution in [1.29, 1.82) is 0 Å². The minimum absolute atomic E-state index is 0.472. The number of anilines is 3. The van der Waals surface area contributed by atoms with E-state index in [9.17, 15) is 0 Å². The molecule has 11 aromatic rings. The van der Waals surface area contributed by atoms with Gasteiger partial charge in [-0.1, -0.05) is 182 Å². The second-order valence-corrected chi connectivity index (χ2v) is 16.4. The summed E-state index contributed by atoms with van der Waals surface area (Å²) in [5.74, 6) is 0. The van der Waals surface area contributed by atoms with Gasteiger partial charge in [-0.2, -0.15) is 0 Å². The van der Waals surface area contributed by atoms with Crippen LogP contribution in [-0.2, 0) is 5.41 Å². The van der Waals surface area contributed by atoms with Gasteiger partial charge < -0.3 is 9.47 Å². The van der Waals surface area contributed by atoms with Crippen LogP contribution in [0.2, 0.25) is 0 Å². The monoisotopic (exact) mass is 774 g/mol. The first-order chi connectivity index (χ1) is 30.3. The van der Waals surface area contributed by atoms with Crippen LogP contribution in [0.15, 0.2) is 231 Å². The van der Waals surface area contributed by atoms with Crippen molar-refractivity contribution in [2.75, 3.05) is 4.90 Å². The van der Waals surface area contributed by atoms with Crippen molar-refractivity contribution in [3.05, 3.63) is 253 Å². The summed E-state index contributed by atoms with van der Waals surface area (Å²) in [6.45, 7) is 0. The summed E-state index contributed by atoms with van der Waals surface area (Å²) in [5, 5.41) is 4.97. The molecule has 1 aromatic heterocycles. The zero-order valence-corrected chi connectivity index (χ0v) is 33.3. The molecule has 1 spiro atoms. The highest BCUT2D eigenvalue weighted by Gasteiger charge is 2.50. The largest absolute Gasteiger partial charge is 0.309 e. The lowest BCUT2D eigenvalue weighted by Gasteiger charge is -2.40. The summed E-state index contributed by atoms with van der Waals surface area (Å²) in [6, 6.07) is 85.4. The Labute approximate surface area is 354 Å². The van der Waals surface area contributed by atoms with Gasteiger partial charge in [0.15, 0.2) is 0 Å². The third-order valence-electron chi connectivity index (χ3n) is 13.4. The zero-order chi connectivity index (χ0) is 40.1. The van der Waals surface area contributed by atoms with Crippen LogP contribution in [-0.4, -0.2) is 4.57 Å². The molecule has 0 aliphatic heterocycles. The quantitative estimate of drug-likeness (QED) is 0.169. The van der Waals surface area contributed by atoms with Crippen molar-refractivity contribution >= 4 is 49.6 Å². The van der Waals surface area contributed by atoms with Crippen LogP contribution in [0.5, 0.6) is 0 Å². The number of rotatable bonds is 5. The first-order valence-electron chi connectivity index (χ1n) is 21.2. The van der Waals surface area contributed by atoms with Crippen LogP contribution in [0.1, 0.15) is 22.3 Å². The predicted molar refractivity (Wildman–Crippen MR) is 255 cm³/mol. The van der Waals surface area contributed by atoms with E-state index in [4.69, 9.17) is 0 Å². The minimum atomic E-state index is -0.472. The smallest absolute Gasteiger partial charge is 0.0725 e. The first kappa shape index (κ1) is 34.0. The van der Waals surface area contributed by atoms with Gasteiger partial charge in [-0.15, -0.1) is 0 Å². The summed E-state index contributed by atoms with van der Waals surface area (Å²) in [7, 11) is 0. The molecule has 0 N–H and O–H groups in total. The van der Waals surface area contributed by atoms with E-state index < -0.39 is 5.41 Å². The molecule has 0 unspecified atom stereocenters. The molecule has 61 heavy (non-hydrogen) atoms. The van der Waals surface area contributed by atoms with E-state index in [0.717, 1.165) is 22.7 Å². The molecule has 284 valence electrons. The highest BCUT2D eigenvalue weighted by molar-refractivity contribution is 6.14. The normalized spacial score (nSPS) is 13.0. The van der Waals surface area contributed by atoms with Crippen molar-refractivity contribution < 1.29 is 0 Å². The Bertz CT molecular complexity index is 3500. The molecule has 13 rings (SSSR count). The maximum absolute atomic E-state index is 2.52. The Kier molecular flexibility index (Phi) is 7.26. The average molecular weight is 775 g/mol. The van der Waals surface area contributed by atoms with Crippen molar-refractivity contribution in [3.63, 3.8) is 0 Å². The van der Waals surface area contributed by atoms with Crippen molar-refractivity contribution in [2.24, 2.45) is 0 Å². The predicted octanol–water partition coefficient (Wildman–Crippen LogP) is 15.4. The fourth-order valence-corrected chi connectivity index (χ4v) is 11.0. The van der Waals surface area contributed by atoms with Crippen LogP contribution < -0.4 is 4.90 Å². The Morgan fingerprint density at radius 2 is 0.869 bits per heavy atom. The van der Waals surface area contributed by atoms with Crippen LogP contribution in [0.25, 0.3) is 71.6 Å². The van der Waals surface area contributed by atoms with Crippen LogP contribution in [0.4, 0.5) is 17.1 Å². The molecule has 0 amide bonds. The van der Waals surface area contributed by atoms with E-state index in [-0.39, 0.29) is 0 Å². The van der Waals surface area contributed by atoms with Gasteiger partial charge in [0.2, 0.25) is 0 Å². The summed E-state index contributed by atoms with van der Waals surface area (Å²) in [5.41, 5.74) is 19.3. The summed E-state index contributed by atoms with van der Waals surface area (Å²) >= 11 is 0. The second-order valence-electron chi connectivity index (χ2n) is 16.4. The van der Waals surface area contributed by atoms with Crippen molar-refractivity contribution in [1.82, 2.24) is 4.57 Å². The Balaban J connectivity index is 1.13. The number of para-hydroxylation sites is 3. The number of nitrogens with zero attached hydrogens (tertiary/aromatic N) is 2. The first-order valence-corrected chi connectivity index (χ1v) is 21.2. The fraction of sp³-hybridized carbons (Fsp3) is 0.0169. The third kappa shape index (κ3) is 4.67. The number of aromatic nitrogens is 1. The van der Waals surface area contributed by atoms with Gasteiger partial charge in [0.1, 0.15) is 0 Å². The van der Waals surface area contributed by atoms with Gasteiger partial charge >= 0.3 is 0 Å². The molecular weight excluding hydrogens is 737 g/mol. The van der Waals surface area contributed by atoms with E-state index >= 15 is 0 Å². The molecule has 0 saturated heterocycles. The van der Waals surface area contributed by atoms with E-state index in [1.165, 1.54) is 88.2 Å². The Morgan fingerprint density at radius 1 is 0.328 bits per heavy atom. The second kappa shape index (κ2) is 13.0. The molecule has 2 nitrogen and oxygen atoms in total. The van der Waals surface area contributed by atoms with Gasteiger partial charge in [0.25, 0.3) is 0 Å². The topological polar surface area (TPSA) is 8.17 Å². The van der Waals surface area contributed by atoms with E-state index in [1.54, 1.807) is 0 Å². The van der Waals surface area contributed by atoms with E-state index in [2.05, 4.69) is 240 Å². The van der Waals surface area contributed by atoms with E-state index in [0.29, 0.717) is 0 Å².